The normalized spacial score (nSPS) is 19.0. The lowest BCUT2D eigenvalue weighted by Crippen LogP contribution is -2.23. The summed E-state index contributed by atoms with van der Waals surface area (Å²) in [5, 5.41) is 0. The molecule has 0 aromatic carbocycles. The van der Waals surface area contributed by atoms with E-state index < -0.39 is 0 Å². The number of ketones is 1. The Morgan fingerprint density at radius 1 is 1.00 bits per heavy atom. The van der Waals surface area contributed by atoms with Gasteiger partial charge >= 0.3 is 0 Å². The van der Waals surface area contributed by atoms with Crippen LogP contribution in [0, 0.1) is 46.8 Å². The second kappa shape index (κ2) is 17.4. The highest BCUT2D eigenvalue weighted by molar-refractivity contribution is 5.95. The molecular weight excluding hydrogens is 536 g/mol. The van der Waals surface area contributed by atoms with Crippen LogP contribution in [0.5, 0.6) is 0 Å². The molecule has 0 N–H and O–H groups in total. The first-order chi connectivity index (χ1) is 20.2. The van der Waals surface area contributed by atoms with Crippen LogP contribution in [0.2, 0.25) is 0 Å². The van der Waals surface area contributed by atoms with E-state index in [1.165, 1.54) is 68.1 Å². The van der Waals surface area contributed by atoms with Crippen LogP contribution in [0.4, 0.5) is 0 Å². The summed E-state index contributed by atoms with van der Waals surface area (Å²) in [5.74, 6) is 3.95. The fourth-order valence-electron chi connectivity index (χ4n) is 6.66. The van der Waals surface area contributed by atoms with Gasteiger partial charge in [-0.3, -0.25) is 4.79 Å². The molecule has 0 amide bonds. The Morgan fingerprint density at radius 3 is 2.00 bits per heavy atom. The summed E-state index contributed by atoms with van der Waals surface area (Å²) in [5.41, 5.74) is 6.13. The fourth-order valence-corrected chi connectivity index (χ4v) is 6.66. The van der Waals surface area contributed by atoms with E-state index in [9.17, 15) is 4.79 Å². The molecule has 44 heavy (non-hydrogen) atoms. The van der Waals surface area contributed by atoms with E-state index in [0.717, 1.165) is 36.0 Å². The van der Waals surface area contributed by atoms with Crippen molar-refractivity contribution in [1.29, 1.82) is 0 Å². The van der Waals surface area contributed by atoms with Crippen LogP contribution in [-0.2, 0) is 0 Å². The van der Waals surface area contributed by atoms with Crippen LogP contribution in [0.15, 0.2) is 27.7 Å². The number of rotatable bonds is 12. The first-order valence-corrected chi connectivity index (χ1v) is 18.3. The molecule has 2 heteroatoms. The minimum Gasteiger partial charge on any atom is -0.453 e. The lowest BCUT2D eigenvalue weighted by Gasteiger charge is -2.36. The highest BCUT2D eigenvalue weighted by Crippen LogP contribution is 2.45. The highest BCUT2D eigenvalue weighted by atomic mass is 16.3. The molecule has 1 aromatic rings. The largest absolute Gasteiger partial charge is 0.453 e. The summed E-state index contributed by atoms with van der Waals surface area (Å²) in [6.45, 7) is 36.3. The van der Waals surface area contributed by atoms with Crippen LogP contribution >= 0.6 is 0 Å². The third-order valence-corrected chi connectivity index (χ3v) is 10.4. The Balaban J connectivity index is 0.000000627. The third-order valence-electron chi connectivity index (χ3n) is 10.4. The van der Waals surface area contributed by atoms with Gasteiger partial charge in [-0.1, -0.05) is 128 Å². The Hall–Kier alpha value is -1.57. The second-order valence-electron chi connectivity index (χ2n) is 17.3. The molecule has 254 valence electrons. The lowest BCUT2D eigenvalue weighted by atomic mass is 9.69. The number of Topliss-reactive ketones (excluding diaryl/α,β-unsaturated/α-hetero) is 1. The quantitative estimate of drug-likeness (QED) is 0.174. The number of hydrogen-bond acceptors (Lipinski definition) is 2. The zero-order chi connectivity index (χ0) is 34.0. The zero-order valence-electron chi connectivity index (χ0n) is 32.4. The molecule has 0 aliphatic heterocycles. The SMILES string of the molecule is CC/C(C)=C(/C=C(\c1oc(C(=O)C(C)CC)cc1C)C(C)(C)C)C1CCC(C)(C)CC1.CCCC(CC(C)(C)C)C(C)CC. The number of carbonyl (C=O) groups excluding carboxylic acids is 1. The van der Waals surface area contributed by atoms with Crippen molar-refractivity contribution in [2.75, 3.05) is 0 Å². The average molecular weight is 611 g/mol. The molecule has 1 aliphatic rings. The molecule has 1 aliphatic carbocycles. The van der Waals surface area contributed by atoms with E-state index in [-0.39, 0.29) is 17.1 Å². The third kappa shape index (κ3) is 12.7. The first-order valence-electron chi connectivity index (χ1n) is 18.3. The van der Waals surface area contributed by atoms with E-state index in [1.54, 1.807) is 0 Å². The van der Waals surface area contributed by atoms with Gasteiger partial charge in [-0.25, -0.2) is 0 Å². The van der Waals surface area contributed by atoms with E-state index in [1.807, 2.05) is 13.0 Å². The molecule has 3 atom stereocenters. The van der Waals surface area contributed by atoms with Crippen LogP contribution in [0.25, 0.3) is 5.57 Å². The van der Waals surface area contributed by atoms with Gasteiger partial charge < -0.3 is 4.42 Å². The Morgan fingerprint density at radius 2 is 1.57 bits per heavy atom. The van der Waals surface area contributed by atoms with Crippen molar-refractivity contribution >= 4 is 11.4 Å². The van der Waals surface area contributed by atoms with Gasteiger partial charge in [0.15, 0.2) is 5.76 Å². The van der Waals surface area contributed by atoms with Gasteiger partial charge in [-0.2, -0.15) is 0 Å². The van der Waals surface area contributed by atoms with E-state index in [0.29, 0.717) is 22.5 Å². The minimum atomic E-state index is -0.0769. The molecule has 1 aromatic heterocycles. The number of aryl methyl sites for hydroxylation is 1. The number of furan rings is 1. The molecule has 2 rings (SSSR count). The lowest BCUT2D eigenvalue weighted by molar-refractivity contribution is 0.0898. The number of allylic oxidation sites excluding steroid dienone is 4. The summed E-state index contributed by atoms with van der Waals surface area (Å²) < 4.78 is 6.28. The Kier molecular flexibility index (Phi) is 16.0. The maximum absolute atomic E-state index is 12.8. The van der Waals surface area contributed by atoms with Gasteiger partial charge in [0.2, 0.25) is 5.78 Å². The number of carbonyl (C=O) groups is 1. The molecule has 0 saturated heterocycles. The maximum Gasteiger partial charge on any atom is 0.200 e. The summed E-state index contributed by atoms with van der Waals surface area (Å²) in [6.07, 6.45) is 14.9. The van der Waals surface area contributed by atoms with Crippen molar-refractivity contribution < 1.29 is 9.21 Å². The standard InChI is InChI=1S/C29H46O2.C13H28/c1-11-19(3)23(22-13-15-29(9,10)16-14-22)18-24(28(6,7)8)27-21(5)17-25(31-27)26(30)20(4)12-2;1-7-9-12(11(3)8-2)10-13(4,5)6/h17-18,20,22H,11-16H2,1-10H3;11-12H,7-10H2,1-6H3/b23-19-,24-18+;. The molecular formula is C42H74O2. The minimum absolute atomic E-state index is 0.0103. The van der Waals surface area contributed by atoms with Crippen LogP contribution in [0.3, 0.4) is 0 Å². The molecule has 3 unspecified atom stereocenters. The fraction of sp³-hybridized carbons (Fsp3) is 0.786. The molecule has 2 nitrogen and oxygen atoms in total. The van der Waals surface area contributed by atoms with Crippen LogP contribution in [0.1, 0.15) is 190 Å². The molecule has 0 spiro atoms. The molecule has 0 radical (unpaired) electrons. The summed E-state index contributed by atoms with van der Waals surface area (Å²) >= 11 is 0. The molecule has 1 heterocycles. The second-order valence-corrected chi connectivity index (χ2v) is 17.3. The Bertz CT molecular complexity index is 1070. The molecule has 1 saturated carbocycles. The van der Waals surface area contributed by atoms with Crippen molar-refractivity contribution in [1.82, 2.24) is 0 Å². The van der Waals surface area contributed by atoms with E-state index in [2.05, 4.69) is 110 Å². The monoisotopic (exact) mass is 611 g/mol. The van der Waals surface area contributed by atoms with Crippen molar-refractivity contribution in [3.05, 3.63) is 40.4 Å². The highest BCUT2D eigenvalue weighted by Gasteiger charge is 2.31. The average Bonchev–Trinajstić information content (AvgIpc) is 3.31. The Labute approximate surface area is 275 Å². The predicted molar refractivity (Wildman–Crippen MR) is 195 cm³/mol. The molecule has 0 bridgehead atoms. The summed E-state index contributed by atoms with van der Waals surface area (Å²) in [6, 6.07) is 1.95. The van der Waals surface area contributed by atoms with Gasteiger partial charge in [-0.05, 0) is 110 Å². The topological polar surface area (TPSA) is 30.2 Å². The van der Waals surface area contributed by atoms with Gasteiger partial charge in [0.25, 0.3) is 0 Å². The van der Waals surface area contributed by atoms with Crippen molar-refractivity contribution in [2.24, 2.45) is 39.9 Å². The predicted octanol–water partition coefficient (Wildman–Crippen LogP) is 14.1. The zero-order valence-corrected chi connectivity index (χ0v) is 32.4. The van der Waals surface area contributed by atoms with Crippen LogP contribution < -0.4 is 0 Å². The van der Waals surface area contributed by atoms with Gasteiger partial charge in [0.05, 0.1) is 0 Å². The first kappa shape index (κ1) is 40.5. The van der Waals surface area contributed by atoms with Crippen LogP contribution in [-0.4, -0.2) is 5.78 Å². The molecule has 1 fully saturated rings. The summed E-state index contributed by atoms with van der Waals surface area (Å²) in [7, 11) is 0. The maximum atomic E-state index is 12.8. The number of hydrogen-bond donors (Lipinski definition) is 0. The van der Waals surface area contributed by atoms with Gasteiger partial charge in [-0.15, -0.1) is 0 Å². The van der Waals surface area contributed by atoms with Gasteiger partial charge in [0, 0.05) is 11.5 Å². The van der Waals surface area contributed by atoms with E-state index in [4.69, 9.17) is 4.42 Å². The van der Waals surface area contributed by atoms with Crippen molar-refractivity contribution in [2.45, 2.75) is 175 Å². The van der Waals surface area contributed by atoms with E-state index >= 15 is 0 Å². The summed E-state index contributed by atoms with van der Waals surface area (Å²) in [4.78, 5) is 12.8. The van der Waals surface area contributed by atoms with Crippen molar-refractivity contribution in [3.8, 4) is 0 Å². The van der Waals surface area contributed by atoms with Crippen molar-refractivity contribution in [3.63, 3.8) is 0 Å². The smallest absolute Gasteiger partial charge is 0.200 e. The van der Waals surface area contributed by atoms with Gasteiger partial charge in [0.1, 0.15) is 5.76 Å².